The van der Waals surface area contributed by atoms with Crippen molar-refractivity contribution in [2.24, 2.45) is 0 Å². The average molecular weight is 474 g/mol. The van der Waals surface area contributed by atoms with Gasteiger partial charge in [0.2, 0.25) is 0 Å². The number of aryl methyl sites for hydroxylation is 2. The van der Waals surface area contributed by atoms with Gasteiger partial charge in [0.25, 0.3) is 5.91 Å². The van der Waals surface area contributed by atoms with Gasteiger partial charge in [-0.1, -0.05) is 36.4 Å². The summed E-state index contributed by atoms with van der Waals surface area (Å²) in [6, 6.07) is 23.1. The summed E-state index contributed by atoms with van der Waals surface area (Å²) in [7, 11) is 3.21. The third-order valence-corrected chi connectivity index (χ3v) is 5.80. The van der Waals surface area contributed by atoms with Crippen LogP contribution in [0.25, 0.3) is 11.0 Å². The normalized spacial score (nSPS) is 10.8. The third kappa shape index (κ3) is 5.93. The van der Waals surface area contributed by atoms with Gasteiger partial charge < -0.3 is 24.1 Å². The lowest BCUT2D eigenvalue weighted by Gasteiger charge is -2.12. The lowest BCUT2D eigenvalue weighted by molar-refractivity contribution is 0.0950. The molecule has 182 valence electrons. The van der Waals surface area contributed by atoms with Crippen molar-refractivity contribution < 1.29 is 19.0 Å². The Labute approximate surface area is 205 Å². The number of rotatable bonds is 12. The molecule has 0 spiro atoms. The van der Waals surface area contributed by atoms with E-state index in [9.17, 15) is 4.79 Å². The van der Waals surface area contributed by atoms with E-state index in [1.165, 1.54) is 0 Å². The molecule has 7 nitrogen and oxygen atoms in total. The number of nitrogens with one attached hydrogen (secondary N) is 1. The van der Waals surface area contributed by atoms with E-state index >= 15 is 0 Å². The van der Waals surface area contributed by atoms with Crippen molar-refractivity contribution in [1.29, 1.82) is 0 Å². The van der Waals surface area contributed by atoms with Crippen LogP contribution in [-0.4, -0.2) is 42.8 Å². The summed E-state index contributed by atoms with van der Waals surface area (Å²) in [5, 5.41) is 2.99. The molecular formula is C28H31N3O4. The molecule has 1 N–H and O–H groups in total. The number of benzene rings is 3. The minimum absolute atomic E-state index is 0.135. The SMILES string of the molecule is COc1ccccc1OCCCn1c(CCCNC(=O)c2ccccc2OC)nc2ccccc21. The molecule has 1 amide bonds. The molecule has 3 aromatic carbocycles. The lowest BCUT2D eigenvalue weighted by atomic mass is 10.2. The number of methoxy groups -OCH3 is 2. The molecule has 4 rings (SSSR count). The van der Waals surface area contributed by atoms with Crippen molar-refractivity contribution in [2.75, 3.05) is 27.4 Å². The highest BCUT2D eigenvalue weighted by Gasteiger charge is 2.13. The molecule has 0 aliphatic rings. The van der Waals surface area contributed by atoms with Gasteiger partial charge in [-0.25, -0.2) is 4.98 Å². The Morgan fingerprint density at radius 3 is 2.34 bits per heavy atom. The predicted octanol–water partition coefficient (Wildman–Crippen LogP) is 4.89. The summed E-state index contributed by atoms with van der Waals surface area (Å²) in [5.41, 5.74) is 2.63. The highest BCUT2D eigenvalue weighted by Crippen LogP contribution is 2.26. The number of ether oxygens (including phenoxy) is 3. The topological polar surface area (TPSA) is 74.6 Å². The zero-order chi connectivity index (χ0) is 24.5. The largest absolute Gasteiger partial charge is 0.496 e. The number of para-hydroxylation sites is 5. The van der Waals surface area contributed by atoms with E-state index in [4.69, 9.17) is 19.2 Å². The summed E-state index contributed by atoms with van der Waals surface area (Å²) >= 11 is 0. The number of aromatic nitrogens is 2. The summed E-state index contributed by atoms with van der Waals surface area (Å²) in [6.07, 6.45) is 2.37. The zero-order valence-electron chi connectivity index (χ0n) is 20.2. The molecule has 0 saturated heterocycles. The Hall–Kier alpha value is -4.00. The van der Waals surface area contributed by atoms with Crippen molar-refractivity contribution >= 4 is 16.9 Å². The first-order valence-corrected chi connectivity index (χ1v) is 11.8. The van der Waals surface area contributed by atoms with E-state index in [2.05, 4.69) is 16.0 Å². The molecular weight excluding hydrogens is 442 g/mol. The first-order chi connectivity index (χ1) is 17.2. The highest BCUT2D eigenvalue weighted by atomic mass is 16.5. The summed E-state index contributed by atoms with van der Waals surface area (Å²) in [6.45, 7) is 1.91. The molecule has 0 saturated carbocycles. The molecule has 0 unspecified atom stereocenters. The molecule has 0 atom stereocenters. The minimum Gasteiger partial charge on any atom is -0.496 e. The molecule has 7 heteroatoms. The summed E-state index contributed by atoms with van der Waals surface area (Å²) in [5.74, 6) is 2.93. The fourth-order valence-corrected chi connectivity index (χ4v) is 4.08. The van der Waals surface area contributed by atoms with Gasteiger partial charge in [0.1, 0.15) is 11.6 Å². The second-order valence-corrected chi connectivity index (χ2v) is 8.08. The van der Waals surface area contributed by atoms with Crippen LogP contribution in [0.2, 0.25) is 0 Å². The number of hydrogen-bond acceptors (Lipinski definition) is 5. The fraction of sp³-hybridized carbons (Fsp3) is 0.286. The molecule has 0 radical (unpaired) electrons. The molecule has 35 heavy (non-hydrogen) atoms. The summed E-state index contributed by atoms with van der Waals surface area (Å²) in [4.78, 5) is 17.4. The van der Waals surface area contributed by atoms with Crippen LogP contribution in [-0.2, 0) is 13.0 Å². The molecule has 0 bridgehead atoms. The van der Waals surface area contributed by atoms with Crippen LogP contribution in [0.1, 0.15) is 29.0 Å². The van der Waals surface area contributed by atoms with Crippen LogP contribution in [0.3, 0.4) is 0 Å². The van der Waals surface area contributed by atoms with Crippen molar-refractivity contribution in [3.63, 3.8) is 0 Å². The second-order valence-electron chi connectivity index (χ2n) is 8.08. The highest BCUT2D eigenvalue weighted by molar-refractivity contribution is 5.96. The first-order valence-electron chi connectivity index (χ1n) is 11.8. The van der Waals surface area contributed by atoms with Crippen molar-refractivity contribution in [2.45, 2.75) is 25.8 Å². The van der Waals surface area contributed by atoms with Gasteiger partial charge in [0.15, 0.2) is 11.5 Å². The fourth-order valence-electron chi connectivity index (χ4n) is 4.08. The van der Waals surface area contributed by atoms with Crippen LogP contribution >= 0.6 is 0 Å². The van der Waals surface area contributed by atoms with Crippen molar-refractivity contribution in [3.05, 3.63) is 84.2 Å². The van der Waals surface area contributed by atoms with Crippen LogP contribution in [0.4, 0.5) is 0 Å². The first kappa shape index (κ1) is 24.1. The van der Waals surface area contributed by atoms with E-state index < -0.39 is 0 Å². The number of fused-ring (bicyclic) bond motifs is 1. The maximum absolute atomic E-state index is 12.5. The Kier molecular flexibility index (Phi) is 8.22. The van der Waals surface area contributed by atoms with Gasteiger partial charge in [-0.3, -0.25) is 4.79 Å². The van der Waals surface area contributed by atoms with Gasteiger partial charge in [-0.15, -0.1) is 0 Å². The van der Waals surface area contributed by atoms with Gasteiger partial charge in [-0.2, -0.15) is 0 Å². The Morgan fingerprint density at radius 2 is 1.54 bits per heavy atom. The molecule has 4 aromatic rings. The molecule has 1 aromatic heterocycles. The monoisotopic (exact) mass is 473 g/mol. The van der Waals surface area contributed by atoms with E-state index in [0.717, 1.165) is 54.2 Å². The second kappa shape index (κ2) is 11.9. The number of carbonyl (C=O) groups excluding carboxylic acids is 1. The summed E-state index contributed by atoms with van der Waals surface area (Å²) < 4.78 is 18.8. The van der Waals surface area contributed by atoms with Crippen molar-refractivity contribution in [1.82, 2.24) is 14.9 Å². The van der Waals surface area contributed by atoms with Gasteiger partial charge in [-0.05, 0) is 49.2 Å². The van der Waals surface area contributed by atoms with Crippen molar-refractivity contribution in [3.8, 4) is 17.2 Å². The van der Waals surface area contributed by atoms with E-state index in [-0.39, 0.29) is 5.91 Å². The number of hydrogen-bond donors (Lipinski definition) is 1. The van der Waals surface area contributed by atoms with Gasteiger partial charge >= 0.3 is 0 Å². The maximum atomic E-state index is 12.5. The Balaban J connectivity index is 1.34. The van der Waals surface area contributed by atoms with E-state index in [1.54, 1.807) is 26.4 Å². The smallest absolute Gasteiger partial charge is 0.255 e. The third-order valence-electron chi connectivity index (χ3n) is 5.80. The molecule has 0 fully saturated rings. The van der Waals surface area contributed by atoms with E-state index in [1.807, 2.05) is 54.6 Å². The minimum atomic E-state index is -0.135. The quantitative estimate of drug-likeness (QED) is 0.297. The number of imidazole rings is 1. The Morgan fingerprint density at radius 1 is 0.857 bits per heavy atom. The lowest BCUT2D eigenvalue weighted by Crippen LogP contribution is -2.25. The number of nitrogens with zero attached hydrogens (tertiary/aromatic N) is 2. The standard InChI is InChI=1S/C28H31N3O4/c1-33-24-14-6-3-11-21(24)28(32)29-18-9-17-27-30-22-12-4-5-13-23(22)31(27)19-10-20-35-26-16-8-7-15-25(26)34-2/h3-8,11-16H,9-10,17-20H2,1-2H3,(H,29,32). The molecule has 0 aliphatic heterocycles. The van der Waals surface area contributed by atoms with Gasteiger partial charge in [0.05, 0.1) is 37.4 Å². The van der Waals surface area contributed by atoms with Crippen LogP contribution < -0.4 is 19.5 Å². The number of amides is 1. The van der Waals surface area contributed by atoms with Gasteiger partial charge in [0, 0.05) is 19.5 Å². The zero-order valence-corrected chi connectivity index (χ0v) is 20.2. The van der Waals surface area contributed by atoms with Crippen LogP contribution in [0, 0.1) is 0 Å². The predicted molar refractivity (Wildman–Crippen MR) is 136 cm³/mol. The maximum Gasteiger partial charge on any atom is 0.255 e. The molecule has 0 aliphatic carbocycles. The Bertz CT molecular complexity index is 1270. The van der Waals surface area contributed by atoms with Crippen LogP contribution in [0.15, 0.2) is 72.8 Å². The van der Waals surface area contributed by atoms with Crippen LogP contribution in [0.5, 0.6) is 17.2 Å². The molecule has 1 heterocycles. The number of carbonyl (C=O) groups is 1. The van der Waals surface area contributed by atoms with E-state index in [0.29, 0.717) is 24.5 Å². The average Bonchev–Trinajstić information content (AvgIpc) is 3.26.